The molecule has 2 N–H and O–H groups in total. The average Bonchev–Trinajstić information content (AvgIpc) is 2.99. The van der Waals surface area contributed by atoms with E-state index in [1.54, 1.807) is 0 Å². The Kier molecular flexibility index (Phi) is 4.58. The average molecular weight is 273 g/mol. The van der Waals surface area contributed by atoms with Crippen molar-refractivity contribution >= 4 is 5.69 Å². The van der Waals surface area contributed by atoms with E-state index >= 15 is 0 Å². The highest BCUT2D eigenvalue weighted by Gasteiger charge is 2.29. The second kappa shape index (κ2) is 6.59. The molecule has 0 radical (unpaired) electrons. The van der Waals surface area contributed by atoms with Crippen LogP contribution in [-0.2, 0) is 6.42 Å². The Bertz CT molecular complexity index is 426. The Balaban J connectivity index is 1.67. The van der Waals surface area contributed by atoms with E-state index < -0.39 is 0 Å². The number of nitrogens with zero attached hydrogens (tertiary/aromatic N) is 2. The van der Waals surface area contributed by atoms with Crippen molar-refractivity contribution < 1.29 is 0 Å². The number of hydrogen-bond donors (Lipinski definition) is 1. The lowest BCUT2D eigenvalue weighted by molar-refractivity contribution is 0.175. The molecule has 0 aliphatic carbocycles. The Morgan fingerprint density at radius 3 is 2.65 bits per heavy atom. The summed E-state index contributed by atoms with van der Waals surface area (Å²) in [5.74, 6) is 0. The topological polar surface area (TPSA) is 32.5 Å². The molecule has 2 aliphatic heterocycles. The maximum Gasteiger partial charge on any atom is 0.0399 e. The van der Waals surface area contributed by atoms with E-state index in [0.29, 0.717) is 0 Å². The van der Waals surface area contributed by atoms with Gasteiger partial charge in [-0.1, -0.05) is 24.6 Å². The van der Waals surface area contributed by atoms with Crippen LogP contribution in [0, 0.1) is 0 Å². The maximum atomic E-state index is 5.75. The minimum absolute atomic E-state index is 0.737. The van der Waals surface area contributed by atoms with Crippen LogP contribution in [0.25, 0.3) is 0 Å². The summed E-state index contributed by atoms with van der Waals surface area (Å²) in [6.07, 6.45) is 6.50. The highest BCUT2D eigenvalue weighted by atomic mass is 15.3. The number of piperidine rings is 1. The summed E-state index contributed by atoms with van der Waals surface area (Å²) in [5.41, 5.74) is 8.57. The van der Waals surface area contributed by atoms with Crippen molar-refractivity contribution in [1.82, 2.24) is 4.90 Å². The fourth-order valence-corrected chi connectivity index (χ4v) is 3.73. The molecule has 0 spiro atoms. The maximum absolute atomic E-state index is 5.75. The molecule has 2 fully saturated rings. The molecule has 20 heavy (non-hydrogen) atoms. The summed E-state index contributed by atoms with van der Waals surface area (Å²) in [7, 11) is 0. The van der Waals surface area contributed by atoms with Crippen molar-refractivity contribution in [2.45, 2.75) is 38.1 Å². The Morgan fingerprint density at radius 1 is 1.05 bits per heavy atom. The van der Waals surface area contributed by atoms with Gasteiger partial charge in [0.2, 0.25) is 0 Å². The summed E-state index contributed by atoms with van der Waals surface area (Å²) in [6, 6.07) is 9.55. The summed E-state index contributed by atoms with van der Waals surface area (Å²) in [6.45, 7) is 5.75. The number of nitrogens with two attached hydrogens (primary N) is 1. The number of benzene rings is 1. The van der Waals surface area contributed by atoms with Gasteiger partial charge in [0.05, 0.1) is 0 Å². The molecule has 2 saturated heterocycles. The number of para-hydroxylation sites is 1. The van der Waals surface area contributed by atoms with Crippen LogP contribution in [-0.4, -0.2) is 43.7 Å². The summed E-state index contributed by atoms with van der Waals surface area (Å²) in [5, 5.41) is 0. The first kappa shape index (κ1) is 13.9. The van der Waals surface area contributed by atoms with Gasteiger partial charge in [-0.05, 0) is 56.9 Å². The van der Waals surface area contributed by atoms with E-state index in [9.17, 15) is 0 Å². The van der Waals surface area contributed by atoms with E-state index in [-0.39, 0.29) is 0 Å². The molecule has 3 rings (SSSR count). The highest BCUT2D eigenvalue weighted by molar-refractivity contribution is 5.54. The normalized spacial score (nSPS) is 24.2. The molecule has 110 valence electrons. The van der Waals surface area contributed by atoms with Crippen LogP contribution < -0.4 is 10.6 Å². The van der Waals surface area contributed by atoms with Gasteiger partial charge in [-0.2, -0.15) is 0 Å². The number of anilines is 1. The Hall–Kier alpha value is -1.06. The molecule has 0 amide bonds. The largest absolute Gasteiger partial charge is 0.370 e. The molecule has 1 atom stereocenters. The molecule has 0 aromatic heterocycles. The lowest BCUT2D eigenvalue weighted by atomic mass is 10.1. The van der Waals surface area contributed by atoms with E-state index in [1.807, 2.05) is 0 Å². The van der Waals surface area contributed by atoms with Gasteiger partial charge in [-0.3, -0.25) is 4.90 Å². The first-order valence-corrected chi connectivity index (χ1v) is 8.15. The van der Waals surface area contributed by atoms with Gasteiger partial charge in [0, 0.05) is 24.8 Å². The lowest BCUT2D eigenvalue weighted by Crippen LogP contribution is -2.41. The predicted molar refractivity (Wildman–Crippen MR) is 85.2 cm³/mol. The molecule has 2 aliphatic rings. The van der Waals surface area contributed by atoms with Crippen molar-refractivity contribution in [3.63, 3.8) is 0 Å². The third-order valence-electron chi connectivity index (χ3n) is 4.82. The minimum Gasteiger partial charge on any atom is -0.370 e. The zero-order valence-corrected chi connectivity index (χ0v) is 12.4. The number of hydrogen-bond acceptors (Lipinski definition) is 3. The van der Waals surface area contributed by atoms with Crippen molar-refractivity contribution in [3.05, 3.63) is 29.8 Å². The quantitative estimate of drug-likeness (QED) is 0.913. The molecule has 1 unspecified atom stereocenters. The van der Waals surface area contributed by atoms with Gasteiger partial charge in [-0.15, -0.1) is 0 Å². The predicted octanol–water partition coefficient (Wildman–Crippen LogP) is 2.25. The summed E-state index contributed by atoms with van der Waals surface area (Å²) < 4.78 is 0. The van der Waals surface area contributed by atoms with E-state index in [2.05, 4.69) is 34.1 Å². The molecular weight excluding hydrogens is 246 g/mol. The summed E-state index contributed by atoms with van der Waals surface area (Å²) >= 11 is 0. The van der Waals surface area contributed by atoms with Crippen LogP contribution in [0.3, 0.4) is 0 Å². The molecule has 1 aromatic carbocycles. The molecule has 3 heteroatoms. The first-order valence-electron chi connectivity index (χ1n) is 8.15. The molecule has 0 saturated carbocycles. The van der Waals surface area contributed by atoms with E-state index in [1.165, 1.54) is 63.1 Å². The standard InChI is InChI=1S/C17H27N3/c18-10-8-15-6-2-3-7-17(15)20-13-9-16(14-20)19-11-4-1-5-12-19/h2-3,6-7,16H,1,4-5,8-14,18H2. The molecule has 0 bridgehead atoms. The van der Waals surface area contributed by atoms with Crippen LogP contribution >= 0.6 is 0 Å². The smallest absolute Gasteiger partial charge is 0.0399 e. The van der Waals surface area contributed by atoms with Gasteiger partial charge >= 0.3 is 0 Å². The van der Waals surface area contributed by atoms with Gasteiger partial charge < -0.3 is 10.6 Å². The Labute approximate surface area is 122 Å². The zero-order valence-electron chi connectivity index (χ0n) is 12.4. The molecule has 3 nitrogen and oxygen atoms in total. The van der Waals surface area contributed by atoms with E-state index in [0.717, 1.165) is 19.0 Å². The van der Waals surface area contributed by atoms with Crippen molar-refractivity contribution in [2.75, 3.05) is 37.6 Å². The van der Waals surface area contributed by atoms with Crippen LogP contribution in [0.4, 0.5) is 5.69 Å². The summed E-state index contributed by atoms with van der Waals surface area (Å²) in [4.78, 5) is 5.29. The van der Waals surface area contributed by atoms with Crippen LogP contribution in [0.15, 0.2) is 24.3 Å². The fraction of sp³-hybridized carbons (Fsp3) is 0.647. The van der Waals surface area contributed by atoms with Gasteiger partial charge in [0.15, 0.2) is 0 Å². The molecule has 2 heterocycles. The van der Waals surface area contributed by atoms with Crippen molar-refractivity contribution in [3.8, 4) is 0 Å². The van der Waals surface area contributed by atoms with Gasteiger partial charge in [0.25, 0.3) is 0 Å². The SMILES string of the molecule is NCCc1ccccc1N1CCC(N2CCCCC2)C1. The van der Waals surface area contributed by atoms with Crippen molar-refractivity contribution in [2.24, 2.45) is 5.73 Å². The van der Waals surface area contributed by atoms with Crippen LogP contribution in [0.2, 0.25) is 0 Å². The third-order valence-corrected chi connectivity index (χ3v) is 4.82. The fourth-order valence-electron chi connectivity index (χ4n) is 3.73. The second-order valence-electron chi connectivity index (χ2n) is 6.15. The zero-order chi connectivity index (χ0) is 13.8. The Morgan fingerprint density at radius 2 is 1.85 bits per heavy atom. The minimum atomic E-state index is 0.737. The van der Waals surface area contributed by atoms with Gasteiger partial charge in [-0.25, -0.2) is 0 Å². The number of rotatable bonds is 4. The number of likely N-dealkylation sites (tertiary alicyclic amines) is 1. The second-order valence-corrected chi connectivity index (χ2v) is 6.15. The van der Waals surface area contributed by atoms with Crippen LogP contribution in [0.5, 0.6) is 0 Å². The highest BCUT2D eigenvalue weighted by Crippen LogP contribution is 2.27. The van der Waals surface area contributed by atoms with Crippen LogP contribution in [0.1, 0.15) is 31.2 Å². The van der Waals surface area contributed by atoms with Crippen molar-refractivity contribution in [1.29, 1.82) is 0 Å². The lowest BCUT2D eigenvalue weighted by Gasteiger charge is -2.32. The molecule has 1 aromatic rings. The third kappa shape index (κ3) is 2.99. The van der Waals surface area contributed by atoms with E-state index in [4.69, 9.17) is 5.73 Å². The monoisotopic (exact) mass is 273 g/mol. The van der Waals surface area contributed by atoms with Gasteiger partial charge in [0.1, 0.15) is 0 Å². The first-order chi connectivity index (χ1) is 9.88. The molecular formula is C17H27N3.